The summed E-state index contributed by atoms with van der Waals surface area (Å²) in [5, 5.41) is 8.51. The average molecular weight is 340 g/mol. The second kappa shape index (κ2) is 7.79. The number of nitrogens with one attached hydrogen (secondary N) is 3. The number of hydrogen-bond donors (Lipinski definition) is 3. The summed E-state index contributed by atoms with van der Waals surface area (Å²) in [6, 6.07) is 10.0. The van der Waals surface area contributed by atoms with Crippen LogP contribution in [0.5, 0.6) is 0 Å². The predicted molar refractivity (Wildman–Crippen MR) is 98.5 cm³/mol. The Labute approximate surface area is 148 Å². The Bertz CT molecular complexity index is 721. The van der Waals surface area contributed by atoms with Gasteiger partial charge in [0.1, 0.15) is 0 Å². The van der Waals surface area contributed by atoms with Crippen LogP contribution in [-0.4, -0.2) is 22.5 Å². The second-order valence-corrected chi connectivity index (χ2v) is 6.88. The summed E-state index contributed by atoms with van der Waals surface area (Å²) in [4.78, 5) is 28.1. The molecule has 0 spiro atoms. The highest BCUT2D eigenvalue weighted by molar-refractivity contribution is 5.96. The number of nitrogens with zero attached hydrogens (tertiary/aromatic N) is 1. The van der Waals surface area contributed by atoms with Crippen molar-refractivity contribution in [2.24, 2.45) is 0 Å². The lowest BCUT2D eigenvalue weighted by molar-refractivity contribution is 0.0919. The van der Waals surface area contributed by atoms with Gasteiger partial charge >= 0.3 is 6.03 Å². The maximum atomic E-state index is 12.1. The Hall–Kier alpha value is -2.89. The molecular weight excluding hydrogens is 316 g/mol. The Balaban J connectivity index is 1.92. The molecule has 2 aromatic rings. The Morgan fingerprint density at radius 2 is 1.60 bits per heavy atom. The lowest BCUT2D eigenvalue weighted by atomic mass is 10.1. The maximum absolute atomic E-state index is 12.1. The molecule has 0 saturated carbocycles. The van der Waals surface area contributed by atoms with Crippen molar-refractivity contribution < 1.29 is 9.59 Å². The molecule has 0 fully saturated rings. The molecule has 25 heavy (non-hydrogen) atoms. The zero-order valence-electron chi connectivity index (χ0n) is 15.0. The van der Waals surface area contributed by atoms with Gasteiger partial charge in [-0.2, -0.15) is 0 Å². The molecule has 3 amide bonds. The van der Waals surface area contributed by atoms with E-state index in [1.807, 2.05) is 39.8 Å². The summed E-state index contributed by atoms with van der Waals surface area (Å²) in [6.07, 6.45) is 3.37. The highest BCUT2D eigenvalue weighted by Gasteiger charge is 2.15. The highest BCUT2D eigenvalue weighted by Crippen LogP contribution is 2.13. The molecule has 0 radical (unpaired) electrons. The fourth-order valence-electron chi connectivity index (χ4n) is 2.22. The van der Waals surface area contributed by atoms with Crippen molar-refractivity contribution >= 4 is 17.6 Å². The van der Waals surface area contributed by atoms with E-state index in [4.69, 9.17) is 0 Å². The molecule has 1 unspecified atom stereocenters. The minimum Gasteiger partial charge on any atom is -0.347 e. The summed E-state index contributed by atoms with van der Waals surface area (Å²) in [6.45, 7) is 7.67. The molecule has 6 nitrogen and oxygen atoms in total. The normalized spacial score (nSPS) is 12.2. The summed E-state index contributed by atoms with van der Waals surface area (Å²) in [5.41, 5.74) is 1.84. The van der Waals surface area contributed by atoms with Crippen molar-refractivity contribution in [1.82, 2.24) is 15.6 Å². The summed E-state index contributed by atoms with van der Waals surface area (Å²) in [7, 11) is 0. The van der Waals surface area contributed by atoms with Gasteiger partial charge in [-0.15, -0.1) is 0 Å². The molecule has 132 valence electrons. The average Bonchev–Trinajstić information content (AvgIpc) is 2.54. The van der Waals surface area contributed by atoms with Gasteiger partial charge in [-0.05, 0) is 69.7 Å². The van der Waals surface area contributed by atoms with Gasteiger partial charge in [0.05, 0.1) is 6.04 Å². The first kappa shape index (κ1) is 18.4. The van der Waals surface area contributed by atoms with E-state index in [9.17, 15) is 9.59 Å². The smallest absolute Gasteiger partial charge is 0.319 e. The maximum Gasteiger partial charge on any atom is 0.319 e. The number of anilines is 1. The zero-order valence-corrected chi connectivity index (χ0v) is 15.0. The first-order valence-electron chi connectivity index (χ1n) is 8.14. The van der Waals surface area contributed by atoms with Crippen LogP contribution in [0.1, 0.15) is 49.7 Å². The molecule has 0 aliphatic carbocycles. The summed E-state index contributed by atoms with van der Waals surface area (Å²) in [5.74, 6) is -0.144. The third-order valence-electron chi connectivity index (χ3n) is 3.45. The molecular formula is C19H24N4O2. The minimum atomic E-state index is -0.309. The van der Waals surface area contributed by atoms with Crippen LogP contribution in [0.25, 0.3) is 0 Å². The van der Waals surface area contributed by atoms with E-state index in [1.165, 1.54) is 0 Å². The van der Waals surface area contributed by atoms with Gasteiger partial charge in [0.15, 0.2) is 0 Å². The number of urea groups is 1. The van der Waals surface area contributed by atoms with Crippen LogP contribution in [0.2, 0.25) is 0 Å². The van der Waals surface area contributed by atoms with Crippen molar-refractivity contribution in [3.63, 3.8) is 0 Å². The summed E-state index contributed by atoms with van der Waals surface area (Å²) >= 11 is 0. The van der Waals surface area contributed by atoms with Gasteiger partial charge in [-0.3, -0.25) is 9.78 Å². The van der Waals surface area contributed by atoms with Gasteiger partial charge in [0, 0.05) is 29.2 Å². The number of rotatable bonds is 4. The summed E-state index contributed by atoms with van der Waals surface area (Å²) < 4.78 is 0. The SMILES string of the molecule is CC(NC(=O)Nc1ccc(C(=O)NC(C)(C)C)cc1)c1ccncc1. The van der Waals surface area contributed by atoms with E-state index >= 15 is 0 Å². The van der Waals surface area contributed by atoms with Crippen molar-refractivity contribution in [2.75, 3.05) is 5.32 Å². The molecule has 0 saturated heterocycles. The van der Waals surface area contributed by atoms with Crippen LogP contribution in [-0.2, 0) is 0 Å². The number of pyridine rings is 1. The van der Waals surface area contributed by atoms with E-state index in [-0.39, 0.29) is 23.5 Å². The van der Waals surface area contributed by atoms with Crippen molar-refractivity contribution in [1.29, 1.82) is 0 Å². The zero-order chi connectivity index (χ0) is 18.4. The molecule has 2 rings (SSSR count). The molecule has 1 aromatic heterocycles. The molecule has 6 heteroatoms. The Morgan fingerprint density at radius 1 is 1.00 bits per heavy atom. The van der Waals surface area contributed by atoms with Gasteiger partial charge < -0.3 is 16.0 Å². The van der Waals surface area contributed by atoms with Gasteiger partial charge in [-0.25, -0.2) is 4.79 Å². The standard InChI is InChI=1S/C19H24N4O2/c1-13(14-9-11-20-12-10-14)21-18(25)22-16-7-5-15(6-8-16)17(24)23-19(2,3)4/h5-13H,1-4H3,(H,23,24)(H2,21,22,25). The molecule has 1 aromatic carbocycles. The van der Waals surface area contributed by atoms with Crippen molar-refractivity contribution in [3.8, 4) is 0 Å². The van der Waals surface area contributed by atoms with E-state index in [0.29, 0.717) is 11.3 Å². The van der Waals surface area contributed by atoms with Crippen LogP contribution in [0.3, 0.4) is 0 Å². The topological polar surface area (TPSA) is 83.1 Å². The van der Waals surface area contributed by atoms with Crippen LogP contribution >= 0.6 is 0 Å². The van der Waals surface area contributed by atoms with E-state index in [0.717, 1.165) is 5.56 Å². The van der Waals surface area contributed by atoms with Crippen LogP contribution < -0.4 is 16.0 Å². The van der Waals surface area contributed by atoms with E-state index in [1.54, 1.807) is 36.7 Å². The number of hydrogen-bond acceptors (Lipinski definition) is 3. The Kier molecular flexibility index (Phi) is 5.75. The Morgan fingerprint density at radius 3 is 2.16 bits per heavy atom. The third kappa shape index (κ3) is 5.91. The number of benzene rings is 1. The van der Waals surface area contributed by atoms with E-state index < -0.39 is 0 Å². The predicted octanol–water partition coefficient (Wildman–Crippen LogP) is 3.49. The largest absolute Gasteiger partial charge is 0.347 e. The first-order valence-corrected chi connectivity index (χ1v) is 8.14. The van der Waals surface area contributed by atoms with Crippen LogP contribution in [0.4, 0.5) is 10.5 Å². The van der Waals surface area contributed by atoms with Gasteiger partial charge in [-0.1, -0.05) is 0 Å². The van der Waals surface area contributed by atoms with Gasteiger partial charge in [0.25, 0.3) is 5.91 Å². The fraction of sp³-hybridized carbons (Fsp3) is 0.316. The van der Waals surface area contributed by atoms with E-state index in [2.05, 4.69) is 20.9 Å². The highest BCUT2D eigenvalue weighted by atomic mass is 16.2. The molecule has 0 aliphatic rings. The van der Waals surface area contributed by atoms with Gasteiger partial charge in [0.2, 0.25) is 0 Å². The van der Waals surface area contributed by atoms with Crippen molar-refractivity contribution in [3.05, 3.63) is 59.9 Å². The quantitative estimate of drug-likeness (QED) is 0.796. The minimum absolute atomic E-state index is 0.139. The molecule has 0 bridgehead atoms. The lowest BCUT2D eigenvalue weighted by Gasteiger charge is -2.20. The molecule has 1 heterocycles. The number of aromatic nitrogens is 1. The molecule has 3 N–H and O–H groups in total. The molecule has 1 atom stereocenters. The third-order valence-corrected chi connectivity index (χ3v) is 3.45. The second-order valence-electron chi connectivity index (χ2n) is 6.88. The first-order chi connectivity index (χ1) is 11.7. The fourth-order valence-corrected chi connectivity index (χ4v) is 2.22. The number of carbonyl (C=O) groups is 2. The lowest BCUT2D eigenvalue weighted by Crippen LogP contribution is -2.40. The number of amides is 3. The number of carbonyl (C=O) groups excluding carboxylic acids is 2. The van der Waals surface area contributed by atoms with Crippen LogP contribution in [0, 0.1) is 0 Å². The molecule has 0 aliphatic heterocycles. The van der Waals surface area contributed by atoms with Crippen molar-refractivity contribution in [2.45, 2.75) is 39.3 Å². The monoisotopic (exact) mass is 340 g/mol. The van der Waals surface area contributed by atoms with Crippen LogP contribution in [0.15, 0.2) is 48.8 Å².